The third-order valence-corrected chi connectivity index (χ3v) is 4.07. The van der Waals surface area contributed by atoms with Crippen molar-refractivity contribution in [3.05, 3.63) is 72.1 Å². The van der Waals surface area contributed by atoms with Gasteiger partial charge in [0.25, 0.3) is 5.91 Å². The largest absolute Gasteiger partial charge is 0.497 e. The summed E-state index contributed by atoms with van der Waals surface area (Å²) in [5, 5.41) is 6.03. The zero-order chi connectivity index (χ0) is 19.2. The molecule has 0 aliphatic heterocycles. The van der Waals surface area contributed by atoms with E-state index in [2.05, 4.69) is 40.5 Å². The monoisotopic (exact) mass is 362 g/mol. The first-order chi connectivity index (χ1) is 13.1. The molecule has 27 heavy (non-hydrogen) atoms. The molecule has 0 spiro atoms. The standard InChI is InChI=1S/C21H22N4O2/c1-14(2)17-6-4-5-7-18(17)24-21-22-13-12-19(25-21)20(26)23-15-8-10-16(27-3)11-9-15/h4-14H,1-3H3,(H,23,26)(H,22,24,25). The second kappa shape index (κ2) is 8.31. The molecule has 3 aromatic rings. The average Bonchev–Trinajstić information content (AvgIpc) is 2.69. The third kappa shape index (κ3) is 4.61. The highest BCUT2D eigenvalue weighted by Crippen LogP contribution is 2.25. The number of aromatic nitrogens is 2. The van der Waals surface area contributed by atoms with Crippen LogP contribution in [-0.4, -0.2) is 23.0 Å². The lowest BCUT2D eigenvalue weighted by molar-refractivity contribution is 0.102. The number of methoxy groups -OCH3 is 1. The van der Waals surface area contributed by atoms with Crippen LogP contribution >= 0.6 is 0 Å². The number of nitrogens with zero attached hydrogens (tertiary/aromatic N) is 2. The molecule has 6 heteroatoms. The number of carbonyl (C=O) groups excluding carboxylic acids is 1. The van der Waals surface area contributed by atoms with Crippen molar-refractivity contribution in [2.45, 2.75) is 19.8 Å². The van der Waals surface area contributed by atoms with Crippen LogP contribution in [0.4, 0.5) is 17.3 Å². The summed E-state index contributed by atoms with van der Waals surface area (Å²) < 4.78 is 5.12. The van der Waals surface area contributed by atoms with Gasteiger partial charge in [-0.1, -0.05) is 32.0 Å². The maximum Gasteiger partial charge on any atom is 0.274 e. The van der Waals surface area contributed by atoms with E-state index < -0.39 is 0 Å². The first-order valence-electron chi connectivity index (χ1n) is 8.71. The fourth-order valence-electron chi connectivity index (χ4n) is 2.65. The van der Waals surface area contributed by atoms with Gasteiger partial charge in [0.05, 0.1) is 7.11 Å². The van der Waals surface area contributed by atoms with Gasteiger partial charge in [-0.3, -0.25) is 4.79 Å². The molecular formula is C21H22N4O2. The Morgan fingerprint density at radius 3 is 2.48 bits per heavy atom. The summed E-state index contributed by atoms with van der Waals surface area (Å²) in [6.45, 7) is 4.25. The van der Waals surface area contributed by atoms with Crippen LogP contribution in [0.25, 0.3) is 0 Å². The second-order valence-corrected chi connectivity index (χ2v) is 6.32. The van der Waals surface area contributed by atoms with Crippen molar-refractivity contribution >= 4 is 23.2 Å². The van der Waals surface area contributed by atoms with Gasteiger partial charge < -0.3 is 15.4 Å². The Hall–Kier alpha value is -3.41. The van der Waals surface area contributed by atoms with Crippen LogP contribution in [0.3, 0.4) is 0 Å². The Bertz CT molecular complexity index is 923. The summed E-state index contributed by atoms with van der Waals surface area (Å²) in [6, 6.07) is 16.7. The van der Waals surface area contributed by atoms with E-state index in [1.165, 1.54) is 0 Å². The van der Waals surface area contributed by atoms with Crippen LogP contribution in [0.1, 0.15) is 35.8 Å². The molecule has 1 aromatic heterocycles. The van der Waals surface area contributed by atoms with E-state index in [-0.39, 0.29) is 11.6 Å². The molecule has 6 nitrogen and oxygen atoms in total. The lowest BCUT2D eigenvalue weighted by Gasteiger charge is -2.13. The van der Waals surface area contributed by atoms with E-state index >= 15 is 0 Å². The van der Waals surface area contributed by atoms with Crippen LogP contribution in [0.5, 0.6) is 5.75 Å². The highest BCUT2D eigenvalue weighted by molar-refractivity contribution is 6.03. The number of nitrogens with one attached hydrogen (secondary N) is 2. The minimum absolute atomic E-state index is 0.283. The molecule has 2 aromatic carbocycles. The van der Waals surface area contributed by atoms with Gasteiger partial charge in [-0.15, -0.1) is 0 Å². The summed E-state index contributed by atoms with van der Waals surface area (Å²) in [4.78, 5) is 21.1. The number of amides is 1. The molecule has 0 atom stereocenters. The lowest BCUT2D eigenvalue weighted by atomic mass is 10.0. The Kier molecular flexibility index (Phi) is 5.66. The zero-order valence-electron chi connectivity index (χ0n) is 15.6. The third-order valence-electron chi connectivity index (χ3n) is 4.07. The Morgan fingerprint density at radius 2 is 1.78 bits per heavy atom. The average molecular weight is 362 g/mol. The normalized spacial score (nSPS) is 10.5. The summed E-state index contributed by atoms with van der Waals surface area (Å²) in [5.41, 5.74) is 3.04. The quantitative estimate of drug-likeness (QED) is 0.670. The molecule has 0 unspecified atom stereocenters. The second-order valence-electron chi connectivity index (χ2n) is 6.32. The fraction of sp³-hybridized carbons (Fsp3) is 0.190. The topological polar surface area (TPSA) is 76.1 Å². The molecule has 0 bridgehead atoms. The van der Waals surface area contributed by atoms with E-state index in [1.807, 2.05) is 18.2 Å². The Morgan fingerprint density at radius 1 is 1.04 bits per heavy atom. The molecule has 0 fully saturated rings. The molecule has 0 aliphatic carbocycles. The van der Waals surface area contributed by atoms with E-state index in [0.29, 0.717) is 17.6 Å². The predicted molar refractivity (Wildman–Crippen MR) is 107 cm³/mol. The number of para-hydroxylation sites is 1. The van der Waals surface area contributed by atoms with Gasteiger partial charge >= 0.3 is 0 Å². The van der Waals surface area contributed by atoms with Crippen molar-refractivity contribution in [1.82, 2.24) is 9.97 Å². The number of carbonyl (C=O) groups is 1. The van der Waals surface area contributed by atoms with Crippen molar-refractivity contribution in [2.24, 2.45) is 0 Å². The summed E-state index contributed by atoms with van der Waals surface area (Å²) in [6.07, 6.45) is 1.57. The van der Waals surface area contributed by atoms with Crippen molar-refractivity contribution in [2.75, 3.05) is 17.7 Å². The van der Waals surface area contributed by atoms with Crippen LogP contribution < -0.4 is 15.4 Å². The maximum atomic E-state index is 12.5. The predicted octanol–water partition coefficient (Wildman–Crippen LogP) is 4.60. The SMILES string of the molecule is COc1ccc(NC(=O)c2ccnc(Nc3ccccc3C(C)C)n2)cc1. The van der Waals surface area contributed by atoms with Crippen molar-refractivity contribution in [3.63, 3.8) is 0 Å². The number of anilines is 3. The number of benzene rings is 2. The molecule has 3 rings (SSSR count). The number of hydrogen-bond acceptors (Lipinski definition) is 5. The van der Waals surface area contributed by atoms with Crippen LogP contribution in [0, 0.1) is 0 Å². The first-order valence-corrected chi connectivity index (χ1v) is 8.71. The van der Waals surface area contributed by atoms with Crippen LogP contribution in [-0.2, 0) is 0 Å². The molecule has 0 saturated carbocycles. The first kappa shape index (κ1) is 18.4. The summed E-state index contributed by atoms with van der Waals surface area (Å²) in [5.74, 6) is 1.16. The Labute approximate surface area is 158 Å². The Balaban J connectivity index is 1.76. The highest BCUT2D eigenvalue weighted by atomic mass is 16.5. The molecule has 0 saturated heterocycles. The molecule has 138 valence electrons. The molecule has 1 amide bonds. The molecular weight excluding hydrogens is 340 g/mol. The minimum Gasteiger partial charge on any atom is -0.497 e. The summed E-state index contributed by atoms with van der Waals surface area (Å²) >= 11 is 0. The van der Waals surface area contributed by atoms with Crippen molar-refractivity contribution in [1.29, 1.82) is 0 Å². The van der Waals surface area contributed by atoms with Gasteiger partial charge in [0.2, 0.25) is 5.95 Å². The molecule has 2 N–H and O–H groups in total. The fourth-order valence-corrected chi connectivity index (χ4v) is 2.65. The van der Waals surface area contributed by atoms with Gasteiger partial charge in [-0.05, 0) is 47.9 Å². The van der Waals surface area contributed by atoms with Gasteiger partial charge in [0.15, 0.2) is 0 Å². The highest BCUT2D eigenvalue weighted by Gasteiger charge is 2.11. The van der Waals surface area contributed by atoms with E-state index in [1.54, 1.807) is 43.6 Å². The van der Waals surface area contributed by atoms with Crippen LogP contribution in [0.2, 0.25) is 0 Å². The zero-order valence-corrected chi connectivity index (χ0v) is 15.6. The number of rotatable bonds is 6. The molecule has 0 aliphatic rings. The van der Waals surface area contributed by atoms with E-state index in [9.17, 15) is 4.79 Å². The van der Waals surface area contributed by atoms with Crippen LogP contribution in [0.15, 0.2) is 60.8 Å². The van der Waals surface area contributed by atoms with Crippen molar-refractivity contribution < 1.29 is 9.53 Å². The maximum absolute atomic E-state index is 12.5. The number of hydrogen-bond donors (Lipinski definition) is 2. The van der Waals surface area contributed by atoms with E-state index in [4.69, 9.17) is 4.74 Å². The minimum atomic E-state index is -0.303. The van der Waals surface area contributed by atoms with E-state index in [0.717, 1.165) is 17.0 Å². The lowest BCUT2D eigenvalue weighted by Crippen LogP contribution is -2.15. The van der Waals surface area contributed by atoms with Crippen molar-refractivity contribution in [3.8, 4) is 5.75 Å². The summed E-state index contributed by atoms with van der Waals surface area (Å²) in [7, 11) is 1.60. The van der Waals surface area contributed by atoms with Gasteiger partial charge in [-0.2, -0.15) is 0 Å². The molecule has 1 heterocycles. The number of ether oxygens (including phenoxy) is 1. The van der Waals surface area contributed by atoms with Gasteiger partial charge in [-0.25, -0.2) is 9.97 Å². The van der Waals surface area contributed by atoms with Gasteiger partial charge in [0, 0.05) is 17.6 Å². The van der Waals surface area contributed by atoms with Gasteiger partial charge in [0.1, 0.15) is 11.4 Å². The molecule has 0 radical (unpaired) electrons. The smallest absolute Gasteiger partial charge is 0.274 e.